The smallest absolute Gasteiger partial charge is 0.301 e. The van der Waals surface area contributed by atoms with Gasteiger partial charge in [-0.05, 0) is 54.8 Å². The van der Waals surface area contributed by atoms with Crippen LogP contribution in [0.25, 0.3) is 5.76 Å². The fraction of sp³-hybridized carbons (Fsp3) is 0.208. The Kier molecular flexibility index (Phi) is 5.99. The highest BCUT2D eigenvalue weighted by Gasteiger charge is 2.48. The van der Waals surface area contributed by atoms with Gasteiger partial charge < -0.3 is 5.11 Å². The fourth-order valence-corrected chi connectivity index (χ4v) is 6.53. The monoisotopic (exact) mass is 513 g/mol. The van der Waals surface area contributed by atoms with E-state index >= 15 is 0 Å². The van der Waals surface area contributed by atoms with E-state index in [1.165, 1.54) is 63.9 Å². The molecule has 35 heavy (non-hydrogen) atoms. The summed E-state index contributed by atoms with van der Waals surface area (Å²) < 4.78 is 40.6. The average Bonchev–Trinajstić information content (AvgIpc) is 3.62. The van der Waals surface area contributed by atoms with E-state index in [1.807, 2.05) is 0 Å². The van der Waals surface area contributed by atoms with Gasteiger partial charge in [0.1, 0.15) is 11.6 Å². The van der Waals surface area contributed by atoms with Crippen molar-refractivity contribution in [2.45, 2.75) is 23.8 Å². The highest BCUT2D eigenvalue weighted by Crippen LogP contribution is 2.42. The Labute approximate surface area is 205 Å². The van der Waals surface area contributed by atoms with Crippen molar-refractivity contribution in [3.05, 3.63) is 82.6 Å². The number of aliphatic hydroxyl groups excluding tert-OH is 1. The Morgan fingerprint density at radius 1 is 1.03 bits per heavy atom. The molecule has 1 aromatic heterocycles. The number of rotatable bonds is 5. The van der Waals surface area contributed by atoms with Gasteiger partial charge in [-0.2, -0.15) is 4.31 Å². The molecule has 0 bridgehead atoms. The number of carbonyl (C=O) groups excluding carboxylic acids is 2. The second kappa shape index (κ2) is 8.99. The number of amides is 1. The molecular weight excluding hydrogens is 493 g/mol. The highest BCUT2D eigenvalue weighted by molar-refractivity contribution is 7.89. The number of thiazole rings is 1. The lowest BCUT2D eigenvalue weighted by Gasteiger charge is -2.23. The third-order valence-electron chi connectivity index (χ3n) is 6.09. The van der Waals surface area contributed by atoms with Gasteiger partial charge in [0.15, 0.2) is 5.13 Å². The zero-order valence-corrected chi connectivity index (χ0v) is 19.9. The number of halogens is 1. The zero-order valence-electron chi connectivity index (χ0n) is 18.3. The number of benzene rings is 2. The Morgan fingerprint density at radius 3 is 2.29 bits per heavy atom. The van der Waals surface area contributed by atoms with E-state index in [0.29, 0.717) is 18.7 Å². The van der Waals surface area contributed by atoms with Gasteiger partial charge in [-0.15, -0.1) is 11.3 Å². The second-order valence-corrected chi connectivity index (χ2v) is 11.0. The quantitative estimate of drug-likeness (QED) is 0.317. The number of hydrogen-bond donors (Lipinski definition) is 1. The summed E-state index contributed by atoms with van der Waals surface area (Å²) in [5, 5.41) is 13.0. The van der Waals surface area contributed by atoms with Crippen molar-refractivity contribution in [1.82, 2.24) is 9.29 Å². The molecule has 5 rings (SSSR count). The van der Waals surface area contributed by atoms with E-state index in [2.05, 4.69) is 4.98 Å². The Morgan fingerprint density at radius 2 is 1.69 bits per heavy atom. The van der Waals surface area contributed by atoms with Crippen LogP contribution in [0.4, 0.5) is 9.52 Å². The molecule has 1 atom stereocenters. The largest absolute Gasteiger partial charge is 0.507 e. The molecule has 1 amide bonds. The number of hydrogen-bond acceptors (Lipinski definition) is 7. The van der Waals surface area contributed by atoms with Crippen molar-refractivity contribution in [3.63, 3.8) is 0 Å². The molecule has 8 nitrogen and oxygen atoms in total. The van der Waals surface area contributed by atoms with E-state index in [-0.39, 0.29) is 21.2 Å². The molecule has 0 spiro atoms. The van der Waals surface area contributed by atoms with Crippen LogP contribution in [0.1, 0.15) is 30.0 Å². The van der Waals surface area contributed by atoms with E-state index in [1.54, 1.807) is 5.38 Å². The lowest BCUT2D eigenvalue weighted by Crippen LogP contribution is -2.29. The van der Waals surface area contributed by atoms with Crippen molar-refractivity contribution in [2.24, 2.45) is 0 Å². The number of sulfonamides is 1. The first kappa shape index (κ1) is 23.3. The molecule has 2 aliphatic heterocycles. The van der Waals surface area contributed by atoms with Crippen molar-refractivity contribution in [2.75, 3.05) is 18.0 Å². The first-order chi connectivity index (χ1) is 16.8. The van der Waals surface area contributed by atoms with Crippen molar-refractivity contribution in [3.8, 4) is 0 Å². The Bertz CT molecular complexity index is 1410. The second-order valence-electron chi connectivity index (χ2n) is 8.17. The minimum Gasteiger partial charge on any atom is -0.507 e. The number of Topliss-reactive ketones (excluding diaryl/α,β-unsaturated/α-hetero) is 1. The molecule has 0 saturated carbocycles. The molecule has 0 radical (unpaired) electrons. The molecule has 1 N–H and O–H groups in total. The summed E-state index contributed by atoms with van der Waals surface area (Å²) in [4.78, 5) is 31.4. The molecule has 0 aliphatic carbocycles. The first-order valence-corrected chi connectivity index (χ1v) is 13.2. The topological polar surface area (TPSA) is 108 Å². The van der Waals surface area contributed by atoms with Gasteiger partial charge in [0.05, 0.1) is 16.5 Å². The standard InChI is InChI=1S/C24H20FN3O5S2/c25-17-7-3-15(4-8-17)20-19(22(30)23(31)28(20)24-26-11-14-34-24)21(29)16-5-9-18(10-6-16)35(32,33)27-12-1-2-13-27/h3-11,14,20,29H,1-2,12-13H2/t20-/m1/s1. The third-order valence-corrected chi connectivity index (χ3v) is 8.77. The number of aromatic nitrogens is 1. The summed E-state index contributed by atoms with van der Waals surface area (Å²) >= 11 is 1.15. The summed E-state index contributed by atoms with van der Waals surface area (Å²) in [5.41, 5.74) is 0.400. The number of aliphatic hydroxyl groups is 1. The Hall–Kier alpha value is -3.41. The summed E-state index contributed by atoms with van der Waals surface area (Å²) in [6.07, 6.45) is 3.10. The van der Waals surface area contributed by atoms with Crippen LogP contribution in [0.2, 0.25) is 0 Å². The van der Waals surface area contributed by atoms with Crippen LogP contribution in [-0.2, 0) is 19.6 Å². The van der Waals surface area contributed by atoms with Crippen molar-refractivity contribution < 1.29 is 27.5 Å². The number of carbonyl (C=O) groups is 2. The van der Waals surface area contributed by atoms with Gasteiger partial charge >= 0.3 is 5.91 Å². The van der Waals surface area contributed by atoms with Gasteiger partial charge in [-0.1, -0.05) is 12.1 Å². The van der Waals surface area contributed by atoms with Gasteiger partial charge in [0.25, 0.3) is 5.78 Å². The van der Waals surface area contributed by atoms with Gasteiger partial charge in [-0.3, -0.25) is 14.5 Å². The van der Waals surface area contributed by atoms with Crippen LogP contribution >= 0.6 is 11.3 Å². The maximum atomic E-state index is 13.6. The summed E-state index contributed by atoms with van der Waals surface area (Å²) in [7, 11) is -3.65. The number of ketones is 1. The van der Waals surface area contributed by atoms with E-state index in [0.717, 1.165) is 24.2 Å². The van der Waals surface area contributed by atoms with Gasteiger partial charge in [0.2, 0.25) is 10.0 Å². The summed E-state index contributed by atoms with van der Waals surface area (Å²) in [5.74, 6) is -2.73. The highest BCUT2D eigenvalue weighted by atomic mass is 32.2. The molecule has 11 heteroatoms. The first-order valence-electron chi connectivity index (χ1n) is 10.9. The molecule has 2 saturated heterocycles. The van der Waals surface area contributed by atoms with Crippen LogP contribution in [0, 0.1) is 5.82 Å². The van der Waals surface area contributed by atoms with E-state index in [4.69, 9.17) is 0 Å². The Balaban J connectivity index is 1.59. The number of nitrogens with zero attached hydrogens (tertiary/aromatic N) is 3. The van der Waals surface area contributed by atoms with E-state index in [9.17, 15) is 27.5 Å². The van der Waals surface area contributed by atoms with Crippen molar-refractivity contribution >= 4 is 43.9 Å². The average molecular weight is 514 g/mol. The maximum Gasteiger partial charge on any atom is 0.301 e. The normalized spacial score (nSPS) is 20.6. The summed E-state index contributed by atoms with van der Waals surface area (Å²) in [6, 6.07) is 9.78. The molecule has 2 aromatic carbocycles. The van der Waals surface area contributed by atoms with Crippen molar-refractivity contribution in [1.29, 1.82) is 0 Å². The minimum absolute atomic E-state index is 0.0780. The minimum atomic E-state index is -3.65. The third kappa shape index (κ3) is 4.05. The number of anilines is 1. The van der Waals surface area contributed by atoms with Crippen LogP contribution in [0.5, 0.6) is 0 Å². The van der Waals surface area contributed by atoms with Crippen LogP contribution in [0.3, 0.4) is 0 Å². The molecule has 180 valence electrons. The summed E-state index contributed by atoms with van der Waals surface area (Å²) in [6.45, 7) is 0.921. The predicted molar refractivity (Wildman–Crippen MR) is 128 cm³/mol. The molecular formula is C24H20FN3O5S2. The van der Waals surface area contributed by atoms with Gasteiger partial charge in [-0.25, -0.2) is 17.8 Å². The van der Waals surface area contributed by atoms with Gasteiger partial charge in [0, 0.05) is 30.2 Å². The maximum absolute atomic E-state index is 13.6. The fourth-order valence-electron chi connectivity index (χ4n) is 4.34. The molecule has 3 aromatic rings. The van der Waals surface area contributed by atoms with E-state index < -0.39 is 39.3 Å². The molecule has 0 unspecified atom stereocenters. The van der Waals surface area contributed by atoms with Crippen LogP contribution in [0.15, 0.2) is 70.6 Å². The van der Waals surface area contributed by atoms with Crippen LogP contribution in [-0.4, -0.2) is 47.6 Å². The predicted octanol–water partition coefficient (Wildman–Crippen LogP) is 3.69. The van der Waals surface area contributed by atoms with Crippen LogP contribution < -0.4 is 4.90 Å². The zero-order chi connectivity index (χ0) is 24.7. The lowest BCUT2D eigenvalue weighted by atomic mass is 9.95. The molecule has 2 aliphatic rings. The molecule has 3 heterocycles. The molecule has 2 fully saturated rings. The SMILES string of the molecule is O=C1C(=O)N(c2nccs2)[C@H](c2ccc(F)cc2)C1=C(O)c1ccc(S(=O)(=O)N2CCCC2)cc1. The lowest BCUT2D eigenvalue weighted by molar-refractivity contribution is -0.132.